The summed E-state index contributed by atoms with van der Waals surface area (Å²) >= 11 is 7.47. The molecule has 184 valence electrons. The lowest BCUT2D eigenvalue weighted by Crippen LogP contribution is -2.26. The standard InChI is InChI=1S/C24H22ClN7O3S/c1-12-9-31(3)30-21(12)23(34)32-10-17-19(11-32)36-24(28-17)29-22(33)16-7-26-13(2)5-14(16)15-6-20(25)27-8-18(15)35-4/h5-9H,10-11H2,1-4H3,(H,28,29,33). The number of nitrogens with one attached hydrogen (secondary N) is 1. The number of anilines is 1. The molecule has 0 unspecified atom stereocenters. The molecule has 0 aromatic carbocycles. The Morgan fingerprint density at radius 3 is 2.64 bits per heavy atom. The van der Waals surface area contributed by atoms with Crippen LogP contribution in [0.3, 0.4) is 0 Å². The fourth-order valence-corrected chi connectivity index (χ4v) is 5.26. The predicted octanol–water partition coefficient (Wildman–Crippen LogP) is 4.02. The highest BCUT2D eigenvalue weighted by molar-refractivity contribution is 7.16. The highest BCUT2D eigenvalue weighted by atomic mass is 35.5. The van der Waals surface area contributed by atoms with Crippen LogP contribution in [0.2, 0.25) is 5.15 Å². The van der Waals surface area contributed by atoms with Crippen molar-refractivity contribution in [1.29, 1.82) is 0 Å². The van der Waals surface area contributed by atoms with Crippen molar-refractivity contribution in [3.05, 3.63) is 69.0 Å². The van der Waals surface area contributed by atoms with Crippen LogP contribution in [0.25, 0.3) is 11.1 Å². The fourth-order valence-electron chi connectivity index (χ4n) is 4.12. The number of halogens is 1. The molecule has 12 heteroatoms. The van der Waals surface area contributed by atoms with Gasteiger partial charge in [-0.05, 0) is 26.0 Å². The molecule has 0 atom stereocenters. The Hall–Kier alpha value is -3.83. The summed E-state index contributed by atoms with van der Waals surface area (Å²) in [5.41, 5.74) is 4.36. The van der Waals surface area contributed by atoms with Crippen molar-refractivity contribution >= 4 is 39.9 Å². The van der Waals surface area contributed by atoms with Gasteiger partial charge in [0.05, 0.1) is 42.5 Å². The van der Waals surface area contributed by atoms with Crippen molar-refractivity contribution in [2.75, 3.05) is 12.4 Å². The Labute approximate surface area is 215 Å². The van der Waals surface area contributed by atoms with Gasteiger partial charge in [0, 0.05) is 41.8 Å². The zero-order valence-electron chi connectivity index (χ0n) is 20.0. The minimum absolute atomic E-state index is 0.135. The lowest BCUT2D eigenvalue weighted by molar-refractivity contribution is 0.0743. The molecule has 1 aliphatic heterocycles. The van der Waals surface area contributed by atoms with E-state index in [9.17, 15) is 9.59 Å². The van der Waals surface area contributed by atoms with Crippen molar-refractivity contribution in [2.24, 2.45) is 7.05 Å². The monoisotopic (exact) mass is 523 g/mol. The highest BCUT2D eigenvalue weighted by Crippen LogP contribution is 2.35. The largest absolute Gasteiger partial charge is 0.494 e. The van der Waals surface area contributed by atoms with E-state index in [1.165, 1.54) is 30.8 Å². The Kier molecular flexibility index (Phi) is 6.19. The van der Waals surface area contributed by atoms with Crippen LogP contribution in [0.1, 0.15) is 42.7 Å². The van der Waals surface area contributed by atoms with Gasteiger partial charge in [-0.3, -0.25) is 24.6 Å². The Morgan fingerprint density at radius 1 is 1.14 bits per heavy atom. The molecule has 0 saturated carbocycles. The van der Waals surface area contributed by atoms with E-state index >= 15 is 0 Å². The molecule has 1 N–H and O–H groups in total. The summed E-state index contributed by atoms with van der Waals surface area (Å²) < 4.78 is 7.07. The van der Waals surface area contributed by atoms with Crippen molar-refractivity contribution in [3.63, 3.8) is 0 Å². The second-order valence-corrected chi connectivity index (χ2v) is 9.89. The molecule has 0 fully saturated rings. The number of hydrogen-bond acceptors (Lipinski definition) is 8. The maximum Gasteiger partial charge on any atom is 0.275 e. The summed E-state index contributed by atoms with van der Waals surface area (Å²) in [5.74, 6) is -0.0126. The van der Waals surface area contributed by atoms with Crippen molar-refractivity contribution in [3.8, 4) is 16.9 Å². The van der Waals surface area contributed by atoms with Crippen LogP contribution in [-0.2, 0) is 20.1 Å². The first-order valence-electron chi connectivity index (χ1n) is 11.0. The quantitative estimate of drug-likeness (QED) is 0.393. The smallest absolute Gasteiger partial charge is 0.275 e. The van der Waals surface area contributed by atoms with E-state index in [-0.39, 0.29) is 17.0 Å². The Balaban J connectivity index is 1.36. The van der Waals surface area contributed by atoms with Gasteiger partial charge in [-0.15, -0.1) is 0 Å². The molecule has 5 rings (SSSR count). The number of ether oxygens (including phenoxy) is 1. The first-order chi connectivity index (χ1) is 17.2. The molecule has 0 radical (unpaired) electrons. The molecule has 5 heterocycles. The van der Waals surface area contributed by atoms with Gasteiger partial charge in [0.2, 0.25) is 0 Å². The molecule has 10 nitrogen and oxygen atoms in total. The lowest BCUT2D eigenvalue weighted by atomic mass is 10.0. The van der Waals surface area contributed by atoms with Gasteiger partial charge in [0.25, 0.3) is 11.8 Å². The van der Waals surface area contributed by atoms with Gasteiger partial charge in [-0.1, -0.05) is 22.9 Å². The number of aromatic nitrogens is 5. The van der Waals surface area contributed by atoms with E-state index in [0.29, 0.717) is 46.4 Å². The number of hydrogen-bond donors (Lipinski definition) is 1. The number of pyridine rings is 2. The maximum atomic E-state index is 13.3. The number of aryl methyl sites for hydroxylation is 3. The van der Waals surface area contributed by atoms with E-state index in [1.54, 1.807) is 28.8 Å². The van der Waals surface area contributed by atoms with Crippen LogP contribution in [0.5, 0.6) is 5.75 Å². The highest BCUT2D eigenvalue weighted by Gasteiger charge is 2.30. The van der Waals surface area contributed by atoms with Gasteiger partial charge in [0.15, 0.2) is 10.8 Å². The zero-order chi connectivity index (χ0) is 25.6. The van der Waals surface area contributed by atoms with E-state index in [1.807, 2.05) is 20.0 Å². The predicted molar refractivity (Wildman–Crippen MR) is 135 cm³/mol. The molecule has 0 bridgehead atoms. The van der Waals surface area contributed by atoms with Gasteiger partial charge < -0.3 is 9.64 Å². The summed E-state index contributed by atoms with van der Waals surface area (Å²) in [6.45, 7) is 4.48. The molecule has 4 aromatic rings. The molecular weight excluding hydrogens is 502 g/mol. The third-order valence-corrected chi connectivity index (χ3v) is 7.01. The molecule has 2 amide bonds. The molecule has 0 saturated heterocycles. The molecule has 0 aliphatic carbocycles. The number of methoxy groups -OCH3 is 1. The molecule has 0 spiro atoms. The van der Waals surface area contributed by atoms with Crippen LogP contribution in [0.4, 0.5) is 5.13 Å². The van der Waals surface area contributed by atoms with Gasteiger partial charge >= 0.3 is 0 Å². The minimum atomic E-state index is -0.364. The third-order valence-electron chi connectivity index (χ3n) is 5.80. The Morgan fingerprint density at radius 2 is 1.94 bits per heavy atom. The second-order valence-electron chi connectivity index (χ2n) is 8.42. The van der Waals surface area contributed by atoms with Crippen molar-refractivity contribution in [1.82, 2.24) is 29.6 Å². The van der Waals surface area contributed by atoms with Crippen molar-refractivity contribution < 1.29 is 14.3 Å². The number of thiazole rings is 1. The van der Waals surface area contributed by atoms with E-state index in [2.05, 4.69) is 25.4 Å². The SMILES string of the molecule is COc1cnc(Cl)cc1-c1cc(C)ncc1C(=O)Nc1nc2c(s1)CN(C(=O)c1nn(C)cc1C)C2. The fraction of sp³-hybridized carbons (Fsp3) is 0.250. The number of amides is 2. The summed E-state index contributed by atoms with van der Waals surface area (Å²) in [7, 11) is 3.32. The third kappa shape index (κ3) is 4.42. The summed E-state index contributed by atoms with van der Waals surface area (Å²) in [6, 6.07) is 3.45. The first kappa shape index (κ1) is 23.9. The number of carbonyl (C=O) groups excluding carboxylic acids is 2. The molecule has 36 heavy (non-hydrogen) atoms. The van der Waals surface area contributed by atoms with Gasteiger partial charge in [-0.25, -0.2) is 9.97 Å². The van der Waals surface area contributed by atoms with Crippen LogP contribution >= 0.6 is 22.9 Å². The first-order valence-corrected chi connectivity index (χ1v) is 12.2. The summed E-state index contributed by atoms with van der Waals surface area (Å²) in [5, 5.41) is 7.89. The van der Waals surface area contributed by atoms with E-state index < -0.39 is 0 Å². The number of nitrogens with zero attached hydrogens (tertiary/aromatic N) is 6. The average molecular weight is 524 g/mol. The topological polar surface area (TPSA) is 115 Å². The minimum Gasteiger partial charge on any atom is -0.494 e. The summed E-state index contributed by atoms with van der Waals surface area (Å²) in [6.07, 6.45) is 4.85. The van der Waals surface area contributed by atoms with Gasteiger partial charge in [0.1, 0.15) is 10.9 Å². The van der Waals surface area contributed by atoms with Gasteiger partial charge in [-0.2, -0.15) is 5.10 Å². The van der Waals surface area contributed by atoms with Crippen LogP contribution in [0.15, 0.2) is 30.7 Å². The number of carbonyl (C=O) groups is 2. The zero-order valence-corrected chi connectivity index (χ0v) is 21.6. The molecule has 4 aromatic heterocycles. The lowest BCUT2D eigenvalue weighted by Gasteiger charge is -2.14. The van der Waals surface area contributed by atoms with E-state index in [0.717, 1.165) is 21.8 Å². The van der Waals surface area contributed by atoms with E-state index in [4.69, 9.17) is 16.3 Å². The Bertz CT molecular complexity index is 1490. The summed E-state index contributed by atoms with van der Waals surface area (Å²) in [4.78, 5) is 41.7. The second kappa shape index (κ2) is 9.32. The van der Waals surface area contributed by atoms with Crippen LogP contribution < -0.4 is 10.1 Å². The van der Waals surface area contributed by atoms with Crippen LogP contribution in [0, 0.1) is 13.8 Å². The molecular formula is C24H22ClN7O3S. The maximum absolute atomic E-state index is 13.3. The van der Waals surface area contributed by atoms with Crippen molar-refractivity contribution in [2.45, 2.75) is 26.9 Å². The molecule has 1 aliphatic rings. The average Bonchev–Trinajstić information content (AvgIpc) is 3.50. The normalized spacial score (nSPS) is 12.5. The van der Waals surface area contributed by atoms with Crippen LogP contribution in [-0.4, -0.2) is 48.6 Å². The number of rotatable bonds is 5. The number of fused-ring (bicyclic) bond motifs is 1.